The summed E-state index contributed by atoms with van der Waals surface area (Å²) in [6.07, 6.45) is 0.536. The number of carbonyl (C=O) groups excluding carboxylic acids is 1. The zero-order valence-corrected chi connectivity index (χ0v) is 11.2. The second-order valence-electron chi connectivity index (χ2n) is 3.96. The Kier molecular flexibility index (Phi) is 5.82. The molecule has 0 saturated heterocycles. The maximum Gasteiger partial charge on any atom is 0.330 e. The van der Waals surface area contributed by atoms with Crippen molar-refractivity contribution in [1.29, 1.82) is 0 Å². The Morgan fingerprint density at radius 3 is 2.50 bits per heavy atom. The molecular weight excluding hydrogens is 230 g/mol. The molecule has 1 atom stereocenters. The van der Waals surface area contributed by atoms with Gasteiger partial charge in [0.2, 0.25) is 0 Å². The molecule has 0 aliphatic heterocycles. The van der Waals surface area contributed by atoms with Crippen molar-refractivity contribution in [2.45, 2.75) is 18.9 Å². The topological polar surface area (TPSA) is 47.6 Å². The van der Waals surface area contributed by atoms with Crippen LogP contribution in [0.15, 0.2) is 30.3 Å². The van der Waals surface area contributed by atoms with Gasteiger partial charge in [-0.15, -0.1) is 0 Å². The van der Waals surface area contributed by atoms with Gasteiger partial charge in [0.25, 0.3) is 0 Å². The molecule has 18 heavy (non-hydrogen) atoms. The Labute approximate surface area is 108 Å². The Balaban J connectivity index is 3.02. The van der Waals surface area contributed by atoms with Crippen molar-refractivity contribution >= 4 is 5.97 Å². The number of esters is 1. The van der Waals surface area contributed by atoms with Crippen LogP contribution in [0.3, 0.4) is 0 Å². The monoisotopic (exact) mass is 251 g/mol. The van der Waals surface area contributed by atoms with Crippen molar-refractivity contribution in [2.75, 3.05) is 27.4 Å². The molecule has 0 bridgehead atoms. The summed E-state index contributed by atoms with van der Waals surface area (Å²) < 4.78 is 10.3. The Hall–Kier alpha value is -1.39. The number of nitrogens with one attached hydrogen (secondary N) is 1. The lowest BCUT2D eigenvalue weighted by Gasteiger charge is -2.31. The van der Waals surface area contributed by atoms with Crippen molar-refractivity contribution in [3.05, 3.63) is 35.9 Å². The zero-order chi connectivity index (χ0) is 13.4. The third kappa shape index (κ3) is 3.09. The average Bonchev–Trinajstić information content (AvgIpc) is 2.44. The number of hydrogen-bond donors (Lipinski definition) is 1. The van der Waals surface area contributed by atoms with Gasteiger partial charge in [-0.25, -0.2) is 4.79 Å². The molecule has 1 unspecified atom stereocenters. The summed E-state index contributed by atoms with van der Waals surface area (Å²) in [7, 11) is 3.16. The van der Waals surface area contributed by atoms with Crippen LogP contribution in [0.25, 0.3) is 0 Å². The van der Waals surface area contributed by atoms with E-state index in [1.165, 1.54) is 7.11 Å². The number of ether oxygens (including phenoxy) is 2. The Morgan fingerprint density at radius 1 is 1.33 bits per heavy atom. The van der Waals surface area contributed by atoms with Crippen LogP contribution in [-0.2, 0) is 19.8 Å². The number of hydrogen-bond acceptors (Lipinski definition) is 4. The van der Waals surface area contributed by atoms with Crippen LogP contribution in [0.2, 0.25) is 0 Å². The summed E-state index contributed by atoms with van der Waals surface area (Å²) in [6, 6.07) is 9.57. The quantitative estimate of drug-likeness (QED) is 0.592. The first-order valence-electron chi connectivity index (χ1n) is 6.12. The molecule has 100 valence electrons. The first-order valence-corrected chi connectivity index (χ1v) is 6.12. The highest BCUT2D eigenvalue weighted by Crippen LogP contribution is 2.26. The van der Waals surface area contributed by atoms with Crippen LogP contribution in [0, 0.1) is 0 Å². The van der Waals surface area contributed by atoms with E-state index >= 15 is 0 Å². The van der Waals surface area contributed by atoms with Crippen LogP contribution < -0.4 is 5.32 Å². The van der Waals surface area contributed by atoms with Gasteiger partial charge in [-0.05, 0) is 19.5 Å². The first-order chi connectivity index (χ1) is 8.71. The second kappa shape index (κ2) is 7.13. The lowest BCUT2D eigenvalue weighted by Crippen LogP contribution is -2.49. The summed E-state index contributed by atoms with van der Waals surface area (Å²) in [5.74, 6) is -0.295. The Morgan fingerprint density at radius 2 is 2.00 bits per heavy atom. The fourth-order valence-corrected chi connectivity index (χ4v) is 2.00. The summed E-state index contributed by atoms with van der Waals surface area (Å²) in [5.41, 5.74) is 0.0459. The van der Waals surface area contributed by atoms with Crippen molar-refractivity contribution < 1.29 is 14.3 Å². The van der Waals surface area contributed by atoms with Crippen LogP contribution in [-0.4, -0.2) is 33.3 Å². The van der Waals surface area contributed by atoms with Crippen molar-refractivity contribution in [2.24, 2.45) is 0 Å². The van der Waals surface area contributed by atoms with E-state index in [0.717, 1.165) is 5.56 Å². The van der Waals surface area contributed by atoms with E-state index in [1.54, 1.807) is 7.05 Å². The molecule has 0 heterocycles. The van der Waals surface area contributed by atoms with E-state index in [2.05, 4.69) is 5.32 Å². The van der Waals surface area contributed by atoms with Crippen molar-refractivity contribution in [3.63, 3.8) is 0 Å². The SMILES string of the molecule is CCOCCC(NC)(C(=O)OC)c1ccccc1. The fourth-order valence-electron chi connectivity index (χ4n) is 2.00. The number of likely N-dealkylation sites (N-methyl/N-ethyl adjacent to an activating group) is 1. The molecule has 1 aromatic carbocycles. The molecule has 4 heteroatoms. The van der Waals surface area contributed by atoms with Gasteiger partial charge in [0, 0.05) is 19.6 Å². The minimum Gasteiger partial charge on any atom is -0.467 e. The first kappa shape index (κ1) is 14.7. The summed E-state index contributed by atoms with van der Waals surface area (Å²) >= 11 is 0. The summed E-state index contributed by atoms with van der Waals surface area (Å²) in [4.78, 5) is 12.1. The molecule has 0 radical (unpaired) electrons. The van der Waals surface area contributed by atoms with E-state index in [1.807, 2.05) is 37.3 Å². The highest BCUT2D eigenvalue weighted by Gasteiger charge is 2.39. The number of carbonyl (C=O) groups is 1. The minimum absolute atomic E-state index is 0.295. The van der Waals surface area contributed by atoms with Gasteiger partial charge in [0.1, 0.15) is 5.54 Å². The molecule has 0 fully saturated rings. The normalized spacial score (nSPS) is 13.9. The molecule has 0 saturated carbocycles. The van der Waals surface area contributed by atoms with E-state index in [-0.39, 0.29) is 5.97 Å². The van der Waals surface area contributed by atoms with E-state index in [4.69, 9.17) is 9.47 Å². The number of benzene rings is 1. The van der Waals surface area contributed by atoms with Crippen LogP contribution in [0.5, 0.6) is 0 Å². The predicted octanol–water partition coefficient (Wildman–Crippen LogP) is 1.70. The smallest absolute Gasteiger partial charge is 0.330 e. The highest BCUT2D eigenvalue weighted by molar-refractivity contribution is 5.82. The van der Waals surface area contributed by atoms with Gasteiger partial charge < -0.3 is 14.8 Å². The molecule has 0 aromatic heterocycles. The van der Waals surface area contributed by atoms with Gasteiger partial charge in [-0.1, -0.05) is 30.3 Å². The van der Waals surface area contributed by atoms with Crippen molar-refractivity contribution in [1.82, 2.24) is 5.32 Å². The largest absolute Gasteiger partial charge is 0.467 e. The molecule has 0 aliphatic carbocycles. The lowest BCUT2D eigenvalue weighted by molar-refractivity contribution is -0.150. The maximum atomic E-state index is 12.1. The molecule has 0 amide bonds. The lowest BCUT2D eigenvalue weighted by atomic mass is 9.87. The summed E-state index contributed by atoms with van der Waals surface area (Å²) in [6.45, 7) is 3.07. The van der Waals surface area contributed by atoms with Crippen LogP contribution in [0.1, 0.15) is 18.9 Å². The standard InChI is InChI=1S/C14H21NO3/c1-4-18-11-10-14(15-2,13(16)17-3)12-8-6-5-7-9-12/h5-9,15H,4,10-11H2,1-3H3. The van der Waals surface area contributed by atoms with E-state index < -0.39 is 5.54 Å². The molecule has 0 spiro atoms. The molecule has 1 aromatic rings. The number of rotatable bonds is 7. The van der Waals surface area contributed by atoms with Gasteiger partial charge >= 0.3 is 5.97 Å². The van der Waals surface area contributed by atoms with Crippen molar-refractivity contribution in [3.8, 4) is 0 Å². The van der Waals surface area contributed by atoms with Crippen LogP contribution >= 0.6 is 0 Å². The van der Waals surface area contributed by atoms with Gasteiger partial charge in [0.05, 0.1) is 7.11 Å². The van der Waals surface area contributed by atoms with Gasteiger partial charge in [-0.2, -0.15) is 0 Å². The number of methoxy groups -OCH3 is 1. The third-order valence-corrected chi connectivity index (χ3v) is 3.05. The van der Waals surface area contributed by atoms with Gasteiger partial charge in [-0.3, -0.25) is 0 Å². The maximum absolute atomic E-state index is 12.1. The van der Waals surface area contributed by atoms with E-state index in [0.29, 0.717) is 19.6 Å². The predicted molar refractivity (Wildman–Crippen MR) is 70.3 cm³/mol. The fraction of sp³-hybridized carbons (Fsp3) is 0.500. The third-order valence-electron chi connectivity index (χ3n) is 3.05. The molecule has 1 rings (SSSR count). The molecule has 0 aliphatic rings. The molecular formula is C14H21NO3. The average molecular weight is 251 g/mol. The summed E-state index contributed by atoms with van der Waals surface area (Å²) in [5, 5.41) is 3.09. The van der Waals surface area contributed by atoms with Crippen LogP contribution in [0.4, 0.5) is 0 Å². The molecule has 4 nitrogen and oxygen atoms in total. The Bertz CT molecular complexity index is 367. The van der Waals surface area contributed by atoms with Gasteiger partial charge in [0.15, 0.2) is 0 Å². The molecule has 1 N–H and O–H groups in total. The zero-order valence-electron chi connectivity index (χ0n) is 11.2. The van der Waals surface area contributed by atoms with E-state index in [9.17, 15) is 4.79 Å². The highest BCUT2D eigenvalue weighted by atomic mass is 16.5. The second-order valence-corrected chi connectivity index (χ2v) is 3.96. The minimum atomic E-state index is -0.842.